The van der Waals surface area contributed by atoms with Crippen LogP contribution in [-0.2, 0) is 4.79 Å². The van der Waals surface area contributed by atoms with Crippen molar-refractivity contribution >= 4 is 30.7 Å². The van der Waals surface area contributed by atoms with Crippen LogP contribution in [0.3, 0.4) is 0 Å². The molecule has 1 N–H and O–H groups in total. The van der Waals surface area contributed by atoms with Gasteiger partial charge in [0.15, 0.2) is 0 Å². The van der Waals surface area contributed by atoms with Gasteiger partial charge in [-0.15, -0.1) is 24.8 Å². The third-order valence-electron chi connectivity index (χ3n) is 5.04. The fourth-order valence-corrected chi connectivity index (χ4v) is 3.71. The molecule has 138 valence electrons. The Labute approximate surface area is 154 Å². The Morgan fingerprint density at radius 2 is 1.70 bits per heavy atom. The first kappa shape index (κ1) is 23.0. The van der Waals surface area contributed by atoms with E-state index in [2.05, 4.69) is 29.0 Å². The van der Waals surface area contributed by atoms with E-state index in [9.17, 15) is 4.79 Å². The molecular weight excluding hydrogens is 333 g/mol. The maximum absolute atomic E-state index is 13.0. The second-order valence-corrected chi connectivity index (χ2v) is 6.64. The smallest absolute Gasteiger partial charge is 0.239 e. The van der Waals surface area contributed by atoms with E-state index in [1.807, 2.05) is 0 Å². The molecule has 4 nitrogen and oxygen atoms in total. The summed E-state index contributed by atoms with van der Waals surface area (Å²) >= 11 is 0. The molecule has 0 aliphatic carbocycles. The largest absolute Gasteiger partial charge is 0.338 e. The van der Waals surface area contributed by atoms with Crippen LogP contribution in [0.5, 0.6) is 0 Å². The van der Waals surface area contributed by atoms with Gasteiger partial charge in [0.05, 0.1) is 6.04 Å². The number of carbonyl (C=O) groups is 1. The highest BCUT2D eigenvalue weighted by molar-refractivity contribution is 5.85. The number of carbonyl (C=O) groups excluding carboxylic acids is 1. The van der Waals surface area contributed by atoms with Crippen LogP contribution in [-0.4, -0.2) is 60.5 Å². The van der Waals surface area contributed by atoms with E-state index in [0.717, 1.165) is 52.0 Å². The van der Waals surface area contributed by atoms with Crippen molar-refractivity contribution in [2.45, 2.75) is 70.9 Å². The van der Waals surface area contributed by atoms with E-state index < -0.39 is 0 Å². The van der Waals surface area contributed by atoms with Gasteiger partial charge in [-0.25, -0.2) is 0 Å². The van der Waals surface area contributed by atoms with Crippen molar-refractivity contribution in [1.29, 1.82) is 0 Å². The molecule has 0 spiro atoms. The molecule has 2 saturated heterocycles. The van der Waals surface area contributed by atoms with E-state index in [1.54, 1.807) is 0 Å². The number of likely N-dealkylation sites (tertiary alicyclic amines) is 1. The Morgan fingerprint density at radius 3 is 2.22 bits per heavy atom. The van der Waals surface area contributed by atoms with Gasteiger partial charge in [0.2, 0.25) is 5.91 Å². The summed E-state index contributed by atoms with van der Waals surface area (Å²) < 4.78 is 0. The molecule has 0 saturated carbocycles. The molecule has 1 unspecified atom stereocenters. The van der Waals surface area contributed by atoms with Gasteiger partial charge in [0.1, 0.15) is 0 Å². The lowest BCUT2D eigenvalue weighted by Gasteiger charge is -2.38. The van der Waals surface area contributed by atoms with E-state index >= 15 is 0 Å². The molecule has 23 heavy (non-hydrogen) atoms. The highest BCUT2D eigenvalue weighted by Crippen LogP contribution is 2.18. The van der Waals surface area contributed by atoms with Crippen molar-refractivity contribution in [3.63, 3.8) is 0 Å². The van der Waals surface area contributed by atoms with Crippen LogP contribution in [0.2, 0.25) is 0 Å². The Morgan fingerprint density at radius 1 is 1.13 bits per heavy atom. The van der Waals surface area contributed by atoms with Gasteiger partial charge in [0.25, 0.3) is 0 Å². The first-order chi connectivity index (χ1) is 10.2. The summed E-state index contributed by atoms with van der Waals surface area (Å²) in [4.78, 5) is 17.6. The van der Waals surface area contributed by atoms with Gasteiger partial charge in [-0.05, 0) is 65.2 Å². The molecule has 0 bridgehead atoms. The summed E-state index contributed by atoms with van der Waals surface area (Å²) in [5.74, 6) is 0.366. The van der Waals surface area contributed by atoms with Crippen LogP contribution in [0.1, 0.15) is 58.8 Å². The lowest BCUT2D eigenvalue weighted by molar-refractivity contribution is -0.139. The van der Waals surface area contributed by atoms with Crippen LogP contribution < -0.4 is 5.32 Å². The van der Waals surface area contributed by atoms with Gasteiger partial charge in [-0.1, -0.05) is 19.8 Å². The highest BCUT2D eigenvalue weighted by Gasteiger charge is 2.30. The average molecular weight is 368 g/mol. The summed E-state index contributed by atoms with van der Waals surface area (Å²) in [6.45, 7) is 9.52. The quantitative estimate of drug-likeness (QED) is 0.810. The lowest BCUT2D eigenvalue weighted by atomic mass is 10.0. The topological polar surface area (TPSA) is 35.6 Å². The number of amides is 1. The molecule has 2 aliphatic heterocycles. The number of rotatable bonds is 5. The van der Waals surface area contributed by atoms with Gasteiger partial charge in [-0.3, -0.25) is 9.69 Å². The number of halogens is 2. The predicted molar refractivity (Wildman–Crippen MR) is 102 cm³/mol. The Balaban J connectivity index is 0.00000242. The van der Waals surface area contributed by atoms with Crippen LogP contribution in [0.15, 0.2) is 0 Å². The second-order valence-electron chi connectivity index (χ2n) is 6.64. The maximum atomic E-state index is 13.0. The number of nitrogens with one attached hydrogen (secondary N) is 1. The van der Waals surface area contributed by atoms with E-state index in [-0.39, 0.29) is 30.9 Å². The number of hydrogen-bond donors (Lipinski definition) is 1. The summed E-state index contributed by atoms with van der Waals surface area (Å²) in [6, 6.07) is 0.512. The average Bonchev–Trinajstić information content (AvgIpc) is 2.81. The van der Waals surface area contributed by atoms with Crippen molar-refractivity contribution in [2.24, 2.45) is 0 Å². The summed E-state index contributed by atoms with van der Waals surface area (Å²) in [5, 5.41) is 3.40. The molecule has 1 atom stereocenters. The van der Waals surface area contributed by atoms with Gasteiger partial charge >= 0.3 is 0 Å². The molecule has 2 aliphatic rings. The first-order valence-electron chi connectivity index (χ1n) is 8.99. The maximum Gasteiger partial charge on any atom is 0.239 e. The van der Waals surface area contributed by atoms with E-state index in [0.29, 0.717) is 11.9 Å². The molecule has 2 rings (SSSR count). The van der Waals surface area contributed by atoms with E-state index in [1.165, 1.54) is 25.7 Å². The SMILES string of the molecule is CCCN(C(=O)C(C)N1CCCCCC1)C1CCNCC1.Cl.Cl. The predicted octanol–water partition coefficient (Wildman–Crippen LogP) is 3.09. The summed E-state index contributed by atoms with van der Waals surface area (Å²) in [6.07, 6.45) is 8.42. The van der Waals surface area contributed by atoms with Crippen molar-refractivity contribution in [3.05, 3.63) is 0 Å². The number of hydrogen-bond acceptors (Lipinski definition) is 3. The minimum Gasteiger partial charge on any atom is -0.338 e. The van der Waals surface area contributed by atoms with Crippen molar-refractivity contribution in [1.82, 2.24) is 15.1 Å². The molecule has 0 aromatic rings. The third kappa shape index (κ3) is 6.77. The molecular formula is C17H35Cl2N3O. The molecule has 0 aromatic heterocycles. The third-order valence-corrected chi connectivity index (χ3v) is 5.04. The van der Waals surface area contributed by atoms with Crippen molar-refractivity contribution < 1.29 is 4.79 Å². The Kier molecular flexibility index (Phi) is 12.3. The van der Waals surface area contributed by atoms with Gasteiger partial charge in [0, 0.05) is 12.6 Å². The molecule has 2 fully saturated rings. The van der Waals surface area contributed by atoms with Crippen LogP contribution >= 0.6 is 24.8 Å². The molecule has 2 heterocycles. The minimum atomic E-state index is 0. The zero-order valence-corrected chi connectivity index (χ0v) is 16.4. The van der Waals surface area contributed by atoms with Crippen LogP contribution in [0, 0.1) is 0 Å². The van der Waals surface area contributed by atoms with E-state index in [4.69, 9.17) is 0 Å². The first-order valence-corrected chi connectivity index (χ1v) is 8.99. The fraction of sp³-hybridized carbons (Fsp3) is 0.941. The van der Waals surface area contributed by atoms with Crippen LogP contribution in [0.4, 0.5) is 0 Å². The lowest BCUT2D eigenvalue weighted by Crippen LogP contribution is -2.53. The van der Waals surface area contributed by atoms with Crippen LogP contribution in [0.25, 0.3) is 0 Å². The number of nitrogens with zero attached hydrogens (tertiary/aromatic N) is 2. The molecule has 1 amide bonds. The Hall–Kier alpha value is -0.0300. The normalized spacial score (nSPS) is 21.5. The minimum absolute atomic E-state index is 0. The monoisotopic (exact) mass is 367 g/mol. The zero-order valence-electron chi connectivity index (χ0n) is 14.8. The fourth-order valence-electron chi connectivity index (χ4n) is 3.71. The second kappa shape index (κ2) is 12.3. The van der Waals surface area contributed by atoms with Crippen molar-refractivity contribution in [2.75, 3.05) is 32.7 Å². The van der Waals surface area contributed by atoms with Gasteiger partial charge < -0.3 is 10.2 Å². The zero-order chi connectivity index (χ0) is 15.1. The Bertz CT molecular complexity index is 317. The van der Waals surface area contributed by atoms with Gasteiger partial charge in [-0.2, -0.15) is 0 Å². The molecule has 0 aromatic carbocycles. The molecule has 6 heteroatoms. The number of piperidine rings is 1. The standard InChI is InChI=1S/C17H33N3O.2ClH/c1-3-12-20(16-8-10-18-11-9-16)17(21)15(2)19-13-6-4-5-7-14-19;;/h15-16,18H,3-14H2,1-2H3;2*1H. The highest BCUT2D eigenvalue weighted by atomic mass is 35.5. The molecule has 0 radical (unpaired) electrons. The van der Waals surface area contributed by atoms with Crippen molar-refractivity contribution in [3.8, 4) is 0 Å². The summed E-state index contributed by atoms with van der Waals surface area (Å²) in [5.41, 5.74) is 0. The summed E-state index contributed by atoms with van der Waals surface area (Å²) in [7, 11) is 0.